The monoisotopic (exact) mass is 254 g/mol. The second-order valence-electron chi connectivity index (χ2n) is 4.45. The molecule has 0 saturated heterocycles. The average molecular weight is 254 g/mol. The summed E-state index contributed by atoms with van der Waals surface area (Å²) in [6.45, 7) is -1.18. The summed E-state index contributed by atoms with van der Waals surface area (Å²) >= 11 is 0. The fourth-order valence-electron chi connectivity index (χ4n) is 2.34. The van der Waals surface area contributed by atoms with Crippen molar-refractivity contribution in [3.05, 3.63) is 0 Å². The molecule has 1 fully saturated rings. The number of hydrogen-bond acceptors (Lipinski definition) is 2. The molecule has 0 aromatic carbocycles. The smallest absolute Gasteiger partial charge is 0.411 e. The van der Waals surface area contributed by atoms with E-state index in [1.54, 1.807) is 0 Å². The molecule has 1 aliphatic carbocycles. The molecule has 0 aromatic heterocycles. The summed E-state index contributed by atoms with van der Waals surface area (Å²) in [4.78, 5) is 10.9. The van der Waals surface area contributed by atoms with E-state index in [2.05, 4.69) is 4.74 Å². The van der Waals surface area contributed by atoms with E-state index in [1.807, 2.05) is 0 Å². The summed E-state index contributed by atoms with van der Waals surface area (Å²) in [5.41, 5.74) is 0. The van der Waals surface area contributed by atoms with Gasteiger partial charge in [-0.1, -0.05) is 6.42 Å². The molecule has 1 aliphatic rings. The highest BCUT2D eigenvalue weighted by Crippen LogP contribution is 2.35. The normalized spacial score (nSPS) is 25.1. The van der Waals surface area contributed by atoms with Gasteiger partial charge >= 0.3 is 12.1 Å². The molecular weight excluding hydrogens is 237 g/mol. The van der Waals surface area contributed by atoms with Crippen molar-refractivity contribution in [1.82, 2.24) is 0 Å². The van der Waals surface area contributed by atoms with Gasteiger partial charge in [-0.3, -0.25) is 4.79 Å². The van der Waals surface area contributed by atoms with Crippen LogP contribution in [0, 0.1) is 11.8 Å². The van der Waals surface area contributed by atoms with E-state index >= 15 is 0 Å². The van der Waals surface area contributed by atoms with Crippen LogP contribution in [0.15, 0.2) is 0 Å². The molecule has 0 bridgehead atoms. The van der Waals surface area contributed by atoms with Gasteiger partial charge in [-0.25, -0.2) is 0 Å². The van der Waals surface area contributed by atoms with E-state index in [4.69, 9.17) is 5.11 Å². The van der Waals surface area contributed by atoms with Crippen LogP contribution >= 0.6 is 0 Å². The molecule has 1 rings (SSSR count). The molecule has 2 unspecified atom stereocenters. The first-order chi connectivity index (χ1) is 7.90. The van der Waals surface area contributed by atoms with Crippen molar-refractivity contribution in [3.8, 4) is 0 Å². The van der Waals surface area contributed by atoms with Crippen molar-refractivity contribution in [2.24, 2.45) is 11.8 Å². The lowest BCUT2D eigenvalue weighted by atomic mass is 9.92. The van der Waals surface area contributed by atoms with Gasteiger partial charge in [-0.15, -0.1) is 0 Å². The van der Waals surface area contributed by atoms with Crippen molar-refractivity contribution in [3.63, 3.8) is 0 Å². The van der Waals surface area contributed by atoms with E-state index in [0.717, 1.165) is 12.8 Å². The maximum atomic E-state index is 11.7. The standard InChI is InChI=1S/C11H17F3O3/c12-11(13,14)7-17-6-2-4-8-3-1-5-9(8)10(15)16/h8-9H,1-7H2,(H,15,16). The Kier molecular flexibility index (Phi) is 5.24. The van der Waals surface area contributed by atoms with Crippen LogP contribution in [-0.4, -0.2) is 30.5 Å². The third-order valence-electron chi connectivity index (χ3n) is 3.11. The number of aliphatic carboxylic acids is 1. The zero-order chi connectivity index (χ0) is 12.9. The van der Waals surface area contributed by atoms with E-state index in [-0.39, 0.29) is 18.4 Å². The highest BCUT2D eigenvalue weighted by atomic mass is 19.4. The van der Waals surface area contributed by atoms with Crippen LogP contribution in [0.5, 0.6) is 0 Å². The molecule has 6 heteroatoms. The second kappa shape index (κ2) is 6.23. The Balaban J connectivity index is 2.12. The molecule has 17 heavy (non-hydrogen) atoms. The first-order valence-electron chi connectivity index (χ1n) is 5.77. The van der Waals surface area contributed by atoms with Crippen molar-refractivity contribution < 1.29 is 27.8 Å². The zero-order valence-electron chi connectivity index (χ0n) is 9.50. The van der Waals surface area contributed by atoms with Crippen LogP contribution in [0.25, 0.3) is 0 Å². The topological polar surface area (TPSA) is 46.5 Å². The Morgan fingerprint density at radius 1 is 1.35 bits per heavy atom. The Labute approximate surface area is 97.9 Å². The van der Waals surface area contributed by atoms with E-state index < -0.39 is 18.8 Å². The molecule has 0 aliphatic heterocycles. The second-order valence-corrected chi connectivity index (χ2v) is 4.45. The Bertz CT molecular complexity index is 253. The van der Waals surface area contributed by atoms with Crippen LogP contribution < -0.4 is 0 Å². The summed E-state index contributed by atoms with van der Waals surface area (Å²) in [5, 5.41) is 8.91. The third-order valence-corrected chi connectivity index (χ3v) is 3.11. The number of alkyl halides is 3. The Morgan fingerprint density at radius 2 is 2.06 bits per heavy atom. The number of hydrogen-bond donors (Lipinski definition) is 1. The van der Waals surface area contributed by atoms with Crippen molar-refractivity contribution >= 4 is 5.97 Å². The number of halogens is 3. The quantitative estimate of drug-likeness (QED) is 0.741. The summed E-state index contributed by atoms with van der Waals surface area (Å²) in [6, 6.07) is 0. The first-order valence-corrected chi connectivity index (χ1v) is 5.77. The SMILES string of the molecule is O=C(O)C1CCCC1CCCOCC(F)(F)F. The van der Waals surface area contributed by atoms with Gasteiger partial charge in [0.1, 0.15) is 6.61 Å². The highest BCUT2D eigenvalue weighted by molar-refractivity contribution is 5.70. The van der Waals surface area contributed by atoms with E-state index in [0.29, 0.717) is 19.3 Å². The minimum absolute atomic E-state index is 0.0440. The molecule has 100 valence electrons. The van der Waals surface area contributed by atoms with Gasteiger partial charge in [-0.05, 0) is 31.6 Å². The van der Waals surface area contributed by atoms with Gasteiger partial charge < -0.3 is 9.84 Å². The predicted molar refractivity (Wildman–Crippen MR) is 54.6 cm³/mol. The number of rotatable bonds is 6. The number of carboxylic acids is 1. The minimum atomic E-state index is -4.28. The maximum Gasteiger partial charge on any atom is 0.411 e. The molecule has 3 nitrogen and oxygen atoms in total. The van der Waals surface area contributed by atoms with Gasteiger partial charge in [0.25, 0.3) is 0 Å². The van der Waals surface area contributed by atoms with Gasteiger partial charge in [0, 0.05) is 6.61 Å². The van der Waals surface area contributed by atoms with Crippen LogP contribution in [0.3, 0.4) is 0 Å². The molecule has 0 radical (unpaired) electrons. The van der Waals surface area contributed by atoms with Gasteiger partial charge in [-0.2, -0.15) is 13.2 Å². The summed E-state index contributed by atoms with van der Waals surface area (Å²) in [5.74, 6) is -1.01. The van der Waals surface area contributed by atoms with Crippen LogP contribution in [-0.2, 0) is 9.53 Å². The lowest BCUT2D eigenvalue weighted by molar-refractivity contribution is -0.174. The maximum absolute atomic E-state index is 11.7. The molecule has 2 atom stereocenters. The zero-order valence-corrected chi connectivity index (χ0v) is 9.50. The highest BCUT2D eigenvalue weighted by Gasteiger charge is 2.32. The fraction of sp³-hybridized carbons (Fsp3) is 0.909. The summed E-state index contributed by atoms with van der Waals surface area (Å²) in [7, 11) is 0. The van der Waals surface area contributed by atoms with Gasteiger partial charge in [0.2, 0.25) is 0 Å². The van der Waals surface area contributed by atoms with Crippen molar-refractivity contribution in [2.75, 3.05) is 13.2 Å². The van der Waals surface area contributed by atoms with Crippen LogP contribution in [0.2, 0.25) is 0 Å². The molecule has 1 saturated carbocycles. The number of ether oxygens (including phenoxy) is 1. The fourth-order valence-corrected chi connectivity index (χ4v) is 2.34. The van der Waals surface area contributed by atoms with E-state index in [1.165, 1.54) is 0 Å². The Hall–Kier alpha value is -0.780. The largest absolute Gasteiger partial charge is 0.481 e. The van der Waals surface area contributed by atoms with Crippen molar-refractivity contribution in [2.45, 2.75) is 38.3 Å². The number of carboxylic acid groups (broad SMARTS) is 1. The average Bonchev–Trinajstić information content (AvgIpc) is 2.63. The van der Waals surface area contributed by atoms with Gasteiger partial charge in [0.05, 0.1) is 5.92 Å². The lowest BCUT2D eigenvalue weighted by Crippen LogP contribution is -2.20. The third kappa shape index (κ3) is 5.39. The molecule has 0 spiro atoms. The van der Waals surface area contributed by atoms with Crippen molar-refractivity contribution in [1.29, 1.82) is 0 Å². The molecule has 0 heterocycles. The molecule has 1 N–H and O–H groups in total. The minimum Gasteiger partial charge on any atom is -0.481 e. The van der Waals surface area contributed by atoms with Gasteiger partial charge in [0.15, 0.2) is 0 Å². The molecule has 0 aromatic rings. The molecule has 0 amide bonds. The van der Waals surface area contributed by atoms with Crippen LogP contribution in [0.4, 0.5) is 13.2 Å². The van der Waals surface area contributed by atoms with E-state index in [9.17, 15) is 18.0 Å². The van der Waals surface area contributed by atoms with Crippen LogP contribution in [0.1, 0.15) is 32.1 Å². The molecular formula is C11H17F3O3. The predicted octanol–water partition coefficient (Wildman–Crippen LogP) is 2.85. The summed E-state index contributed by atoms with van der Waals surface area (Å²) in [6.07, 6.45) is -0.721. The lowest BCUT2D eigenvalue weighted by Gasteiger charge is -2.15. The number of carbonyl (C=O) groups is 1. The summed E-state index contributed by atoms with van der Waals surface area (Å²) < 4.78 is 39.7. The first kappa shape index (κ1) is 14.3. The Morgan fingerprint density at radius 3 is 2.65 bits per heavy atom.